The molecular weight excluding hydrogens is 382 g/mol. The number of hydrogen-bond donors (Lipinski definition) is 0. The number of pyridine rings is 2. The van der Waals surface area contributed by atoms with Crippen LogP contribution in [0.4, 0.5) is 8.78 Å². The average molecular weight is 406 g/mol. The molecule has 0 aliphatic heterocycles. The lowest BCUT2D eigenvalue weighted by molar-refractivity contribution is 0.00931. The van der Waals surface area contributed by atoms with Crippen molar-refractivity contribution in [2.45, 2.75) is 38.5 Å². The number of benzene rings is 1. The lowest BCUT2D eigenvalue weighted by Crippen LogP contribution is -2.06. The number of hydrogen-bond acceptors (Lipinski definition) is 3. The third-order valence-corrected chi connectivity index (χ3v) is 5.26. The molecule has 1 aliphatic carbocycles. The molecule has 0 saturated heterocycles. The first-order valence-corrected chi connectivity index (χ1v) is 10.1. The second kappa shape index (κ2) is 8.30. The van der Waals surface area contributed by atoms with Crippen molar-refractivity contribution in [1.82, 2.24) is 19.7 Å². The zero-order valence-electron chi connectivity index (χ0n) is 17.1. The van der Waals surface area contributed by atoms with E-state index in [0.717, 1.165) is 39.0 Å². The monoisotopic (exact) mass is 406 g/mol. The van der Waals surface area contributed by atoms with Crippen molar-refractivity contribution in [2.24, 2.45) is 7.05 Å². The molecule has 4 aromatic rings. The molecule has 30 heavy (non-hydrogen) atoms. The highest BCUT2D eigenvalue weighted by atomic mass is 19.3. The second-order valence-corrected chi connectivity index (χ2v) is 7.73. The molecule has 1 aliphatic rings. The summed E-state index contributed by atoms with van der Waals surface area (Å²) in [6.45, 7) is 2.01. The molecule has 4 nitrogen and oxygen atoms in total. The summed E-state index contributed by atoms with van der Waals surface area (Å²) in [6.07, 6.45) is 7.36. The quantitative estimate of drug-likeness (QED) is 0.398. The zero-order valence-corrected chi connectivity index (χ0v) is 17.1. The largest absolute Gasteiger partial charge is 0.275 e. The predicted molar refractivity (Wildman–Crippen MR) is 115 cm³/mol. The molecule has 6 heteroatoms. The Balaban J connectivity index is 0.000000265. The maximum Gasteiger partial charge on any atom is 0.248 e. The highest BCUT2D eigenvalue weighted by Crippen LogP contribution is 2.34. The highest BCUT2D eigenvalue weighted by Gasteiger charge is 2.32. The number of alkyl halides is 2. The van der Waals surface area contributed by atoms with E-state index in [-0.39, 0.29) is 12.8 Å². The smallest absolute Gasteiger partial charge is 0.248 e. The van der Waals surface area contributed by atoms with Gasteiger partial charge >= 0.3 is 0 Å². The van der Waals surface area contributed by atoms with Gasteiger partial charge < -0.3 is 0 Å². The van der Waals surface area contributed by atoms with Crippen molar-refractivity contribution in [1.29, 1.82) is 0 Å². The molecule has 0 radical (unpaired) electrons. The summed E-state index contributed by atoms with van der Waals surface area (Å²) < 4.78 is 25.7. The number of aromatic nitrogens is 4. The fourth-order valence-electron chi connectivity index (χ4n) is 3.68. The minimum Gasteiger partial charge on any atom is -0.275 e. The lowest BCUT2D eigenvalue weighted by atomic mass is 10.00. The number of fused-ring (bicyclic) bond motifs is 1. The van der Waals surface area contributed by atoms with Gasteiger partial charge in [0.05, 0.1) is 17.4 Å². The third kappa shape index (κ3) is 4.53. The van der Waals surface area contributed by atoms with E-state index in [1.807, 2.05) is 44.7 Å². The standard InChI is InChI=1S/C19H16N4.C5H8F2/c1-13-5-8-17(16-11-21-23(2)12-16)19(22-13)15-7-6-14-4-3-9-20-18(14)10-15;6-5(7)3-1-2-4-5/h3-12H,1-2H3;1-4H2. The summed E-state index contributed by atoms with van der Waals surface area (Å²) in [7, 11) is 1.92. The Labute approximate surface area is 174 Å². The molecule has 0 spiro atoms. The van der Waals surface area contributed by atoms with Crippen LogP contribution in [0.1, 0.15) is 31.4 Å². The Morgan fingerprint density at radius 3 is 2.47 bits per heavy atom. The minimum atomic E-state index is -2.31. The molecule has 0 bridgehead atoms. The van der Waals surface area contributed by atoms with E-state index in [1.54, 1.807) is 4.68 Å². The van der Waals surface area contributed by atoms with Gasteiger partial charge in [-0.25, -0.2) is 8.78 Å². The fourth-order valence-corrected chi connectivity index (χ4v) is 3.68. The minimum absolute atomic E-state index is 0.118. The summed E-state index contributed by atoms with van der Waals surface area (Å²) >= 11 is 0. The summed E-state index contributed by atoms with van der Waals surface area (Å²) in [5, 5.41) is 5.41. The van der Waals surface area contributed by atoms with E-state index in [4.69, 9.17) is 4.98 Å². The second-order valence-electron chi connectivity index (χ2n) is 7.73. The Bertz CT molecular complexity index is 1160. The first kappa shape index (κ1) is 20.1. The van der Waals surface area contributed by atoms with E-state index in [1.165, 1.54) is 0 Å². The zero-order chi connectivity index (χ0) is 21.1. The summed E-state index contributed by atoms with van der Waals surface area (Å²) in [5.74, 6) is -2.31. The molecule has 0 unspecified atom stereocenters. The lowest BCUT2D eigenvalue weighted by Gasteiger charge is -2.09. The van der Waals surface area contributed by atoms with Crippen LogP contribution >= 0.6 is 0 Å². The molecule has 0 N–H and O–H groups in total. The van der Waals surface area contributed by atoms with Crippen LogP contribution in [0.3, 0.4) is 0 Å². The normalized spacial score (nSPS) is 15.1. The van der Waals surface area contributed by atoms with Gasteiger partial charge in [0.15, 0.2) is 0 Å². The highest BCUT2D eigenvalue weighted by molar-refractivity contribution is 5.87. The van der Waals surface area contributed by atoms with Gasteiger partial charge in [-0.3, -0.25) is 14.6 Å². The van der Waals surface area contributed by atoms with E-state index in [9.17, 15) is 8.78 Å². The van der Waals surface area contributed by atoms with Gasteiger partial charge in [0, 0.05) is 60.1 Å². The number of rotatable bonds is 2. The van der Waals surface area contributed by atoms with E-state index >= 15 is 0 Å². The SMILES string of the molecule is Cc1ccc(-c2cnn(C)c2)c(-c2ccc3cccnc3c2)n1.FC1(F)CCCC1. The van der Waals surface area contributed by atoms with Crippen LogP contribution in [0.5, 0.6) is 0 Å². The van der Waals surface area contributed by atoms with Gasteiger partial charge in [0.2, 0.25) is 5.92 Å². The van der Waals surface area contributed by atoms with Gasteiger partial charge in [-0.05, 0) is 38.0 Å². The van der Waals surface area contributed by atoms with Crippen molar-refractivity contribution < 1.29 is 8.78 Å². The third-order valence-electron chi connectivity index (χ3n) is 5.26. The maximum atomic E-state index is 11.9. The van der Waals surface area contributed by atoms with Crippen molar-refractivity contribution >= 4 is 10.9 Å². The van der Waals surface area contributed by atoms with E-state index in [2.05, 4.69) is 40.4 Å². The fraction of sp³-hybridized carbons (Fsp3) is 0.292. The summed E-state index contributed by atoms with van der Waals surface area (Å²) in [4.78, 5) is 9.22. The van der Waals surface area contributed by atoms with Crippen molar-refractivity contribution in [2.75, 3.05) is 0 Å². The molecular formula is C24H24F2N4. The molecule has 0 amide bonds. The van der Waals surface area contributed by atoms with Gasteiger partial charge in [-0.2, -0.15) is 5.10 Å². The molecule has 5 rings (SSSR count). The molecule has 1 fully saturated rings. The molecule has 154 valence electrons. The Morgan fingerprint density at radius 2 is 1.80 bits per heavy atom. The van der Waals surface area contributed by atoms with E-state index < -0.39 is 5.92 Å². The van der Waals surface area contributed by atoms with Crippen LogP contribution in [0.15, 0.2) is 61.1 Å². The first-order valence-electron chi connectivity index (χ1n) is 10.1. The number of nitrogens with zero attached hydrogens (tertiary/aromatic N) is 4. The predicted octanol–water partition coefficient (Wildman–Crippen LogP) is 6.20. The van der Waals surface area contributed by atoms with Crippen LogP contribution in [-0.2, 0) is 7.05 Å². The van der Waals surface area contributed by atoms with Crippen LogP contribution in [0, 0.1) is 6.92 Å². The first-order chi connectivity index (χ1) is 14.4. The number of halogens is 2. The average Bonchev–Trinajstić information content (AvgIpc) is 3.35. The Hall–Kier alpha value is -3.15. The summed E-state index contributed by atoms with van der Waals surface area (Å²) in [5.41, 5.74) is 6.15. The van der Waals surface area contributed by atoms with Crippen molar-refractivity contribution in [3.63, 3.8) is 0 Å². The van der Waals surface area contributed by atoms with Gasteiger partial charge in [-0.1, -0.05) is 24.3 Å². The van der Waals surface area contributed by atoms with E-state index in [0.29, 0.717) is 12.8 Å². The van der Waals surface area contributed by atoms with Gasteiger partial charge in [-0.15, -0.1) is 0 Å². The van der Waals surface area contributed by atoms with Crippen LogP contribution < -0.4 is 0 Å². The molecule has 3 heterocycles. The van der Waals surface area contributed by atoms with Crippen molar-refractivity contribution in [3.8, 4) is 22.4 Å². The van der Waals surface area contributed by atoms with Crippen LogP contribution in [0.2, 0.25) is 0 Å². The molecule has 1 saturated carbocycles. The topological polar surface area (TPSA) is 43.6 Å². The van der Waals surface area contributed by atoms with Crippen LogP contribution in [0.25, 0.3) is 33.3 Å². The van der Waals surface area contributed by atoms with Crippen LogP contribution in [-0.4, -0.2) is 25.7 Å². The molecule has 0 atom stereocenters. The molecule has 3 aromatic heterocycles. The number of aryl methyl sites for hydroxylation is 2. The Morgan fingerprint density at radius 1 is 1.00 bits per heavy atom. The summed E-state index contributed by atoms with van der Waals surface area (Å²) in [6, 6.07) is 14.4. The van der Waals surface area contributed by atoms with Gasteiger partial charge in [0.1, 0.15) is 0 Å². The Kier molecular flexibility index (Phi) is 5.57. The molecule has 1 aromatic carbocycles. The maximum absolute atomic E-state index is 11.9. The van der Waals surface area contributed by atoms with Gasteiger partial charge in [0.25, 0.3) is 0 Å². The van der Waals surface area contributed by atoms with Crippen molar-refractivity contribution in [3.05, 3.63) is 66.7 Å².